The smallest absolute Gasteiger partial charge is 0.315 e. The van der Waals surface area contributed by atoms with Gasteiger partial charge < -0.3 is 20.8 Å². The van der Waals surface area contributed by atoms with E-state index in [0.29, 0.717) is 6.42 Å². The van der Waals surface area contributed by atoms with Gasteiger partial charge in [0, 0.05) is 6.04 Å². The summed E-state index contributed by atoms with van der Waals surface area (Å²) in [4.78, 5) is 22.6. The molecule has 110 valence electrons. The molecule has 0 aromatic heterocycles. The number of carboxylic acids is 1. The largest absolute Gasteiger partial charge is 0.481 e. The number of carbonyl (C=O) groups excluding carboxylic acids is 1. The molecule has 2 amide bonds. The summed E-state index contributed by atoms with van der Waals surface area (Å²) < 4.78 is 0. The van der Waals surface area contributed by atoms with Crippen molar-refractivity contribution in [3.8, 4) is 0 Å². The minimum atomic E-state index is -0.934. The zero-order chi connectivity index (χ0) is 14.4. The van der Waals surface area contributed by atoms with Crippen LogP contribution in [0.2, 0.25) is 0 Å². The van der Waals surface area contributed by atoms with Crippen molar-refractivity contribution < 1.29 is 19.8 Å². The van der Waals surface area contributed by atoms with E-state index in [0.717, 1.165) is 19.3 Å². The van der Waals surface area contributed by atoms with Crippen LogP contribution >= 0.6 is 0 Å². The van der Waals surface area contributed by atoms with E-state index in [-0.39, 0.29) is 18.4 Å². The number of carbonyl (C=O) groups is 2. The first-order valence-corrected chi connectivity index (χ1v) is 6.87. The number of urea groups is 1. The Hall–Kier alpha value is -1.30. The van der Waals surface area contributed by atoms with E-state index in [4.69, 9.17) is 5.11 Å². The number of hydrogen-bond donors (Lipinski definition) is 4. The molecule has 1 rings (SSSR count). The van der Waals surface area contributed by atoms with Crippen molar-refractivity contribution in [2.75, 3.05) is 0 Å². The summed E-state index contributed by atoms with van der Waals surface area (Å²) in [6.07, 6.45) is 2.84. The Kier molecular flexibility index (Phi) is 6.08. The highest BCUT2D eigenvalue weighted by Gasteiger charge is 2.26. The summed E-state index contributed by atoms with van der Waals surface area (Å²) in [6, 6.07) is -1.03. The highest BCUT2D eigenvalue weighted by Crippen LogP contribution is 2.18. The van der Waals surface area contributed by atoms with Crippen LogP contribution in [0.25, 0.3) is 0 Å². The van der Waals surface area contributed by atoms with E-state index < -0.39 is 24.1 Å². The van der Waals surface area contributed by atoms with Gasteiger partial charge in [-0.25, -0.2) is 4.79 Å². The average molecular weight is 272 g/mol. The quantitative estimate of drug-likeness (QED) is 0.602. The Morgan fingerprint density at radius 1 is 1.26 bits per heavy atom. The van der Waals surface area contributed by atoms with Crippen LogP contribution in [0.3, 0.4) is 0 Å². The van der Waals surface area contributed by atoms with Gasteiger partial charge >= 0.3 is 12.0 Å². The third-order valence-electron chi connectivity index (χ3n) is 3.56. The Balaban J connectivity index is 2.45. The third-order valence-corrected chi connectivity index (χ3v) is 3.56. The van der Waals surface area contributed by atoms with E-state index in [1.807, 2.05) is 13.8 Å². The fourth-order valence-corrected chi connectivity index (χ4v) is 2.30. The van der Waals surface area contributed by atoms with Crippen LogP contribution in [0, 0.1) is 5.92 Å². The van der Waals surface area contributed by atoms with E-state index in [1.54, 1.807) is 0 Å². The van der Waals surface area contributed by atoms with Crippen molar-refractivity contribution in [3.63, 3.8) is 0 Å². The predicted molar refractivity (Wildman–Crippen MR) is 70.8 cm³/mol. The number of hydrogen-bond acceptors (Lipinski definition) is 3. The molecule has 6 nitrogen and oxygen atoms in total. The SMILES string of the molecule is CC(C)C(CC(=O)O)NC(=O)NC1CCCCC1O. The highest BCUT2D eigenvalue weighted by molar-refractivity contribution is 5.76. The molecule has 0 saturated heterocycles. The lowest BCUT2D eigenvalue weighted by molar-refractivity contribution is -0.137. The second kappa shape index (κ2) is 7.33. The first-order valence-electron chi connectivity index (χ1n) is 6.87. The van der Waals surface area contributed by atoms with Gasteiger partial charge in [-0.3, -0.25) is 4.79 Å². The normalized spacial score (nSPS) is 24.8. The molecule has 19 heavy (non-hydrogen) atoms. The van der Waals surface area contributed by atoms with Crippen molar-refractivity contribution in [2.45, 2.75) is 64.1 Å². The minimum absolute atomic E-state index is 0.0399. The van der Waals surface area contributed by atoms with E-state index in [2.05, 4.69) is 10.6 Å². The van der Waals surface area contributed by atoms with Gasteiger partial charge in [-0.1, -0.05) is 26.7 Å². The number of rotatable bonds is 5. The molecule has 0 radical (unpaired) electrons. The summed E-state index contributed by atoms with van der Waals surface area (Å²) >= 11 is 0. The maximum absolute atomic E-state index is 11.8. The number of aliphatic hydroxyl groups excluding tert-OH is 1. The molecule has 0 aromatic carbocycles. The molecule has 1 aliphatic rings. The van der Waals surface area contributed by atoms with Gasteiger partial charge in [-0.2, -0.15) is 0 Å². The van der Waals surface area contributed by atoms with Crippen molar-refractivity contribution in [2.24, 2.45) is 5.92 Å². The zero-order valence-electron chi connectivity index (χ0n) is 11.6. The monoisotopic (exact) mass is 272 g/mol. The van der Waals surface area contributed by atoms with Gasteiger partial charge in [0.15, 0.2) is 0 Å². The fraction of sp³-hybridized carbons (Fsp3) is 0.846. The Labute approximate surface area is 113 Å². The molecule has 0 bridgehead atoms. The fourth-order valence-electron chi connectivity index (χ4n) is 2.30. The first-order chi connectivity index (χ1) is 8.90. The van der Waals surface area contributed by atoms with Crippen LogP contribution in [0.1, 0.15) is 46.0 Å². The molecule has 0 spiro atoms. The van der Waals surface area contributed by atoms with Gasteiger partial charge in [0.05, 0.1) is 18.6 Å². The number of nitrogens with one attached hydrogen (secondary N) is 2. The summed E-state index contributed by atoms with van der Waals surface area (Å²) in [5.41, 5.74) is 0. The van der Waals surface area contributed by atoms with Gasteiger partial charge in [0.2, 0.25) is 0 Å². The molecular formula is C13H24N2O4. The maximum atomic E-state index is 11.8. The molecule has 3 atom stereocenters. The molecule has 1 fully saturated rings. The first kappa shape index (κ1) is 15.8. The van der Waals surface area contributed by atoms with Crippen molar-refractivity contribution in [3.05, 3.63) is 0 Å². The third kappa shape index (κ3) is 5.46. The maximum Gasteiger partial charge on any atom is 0.315 e. The van der Waals surface area contributed by atoms with E-state index in [9.17, 15) is 14.7 Å². The molecule has 1 aliphatic carbocycles. The molecule has 1 saturated carbocycles. The Morgan fingerprint density at radius 2 is 1.89 bits per heavy atom. The molecule has 0 heterocycles. The van der Waals surface area contributed by atoms with Gasteiger partial charge in [-0.15, -0.1) is 0 Å². The van der Waals surface area contributed by atoms with E-state index in [1.165, 1.54) is 0 Å². The number of aliphatic carboxylic acids is 1. The predicted octanol–water partition coefficient (Wildman–Crippen LogP) is 1.09. The number of aliphatic hydroxyl groups is 1. The lowest BCUT2D eigenvalue weighted by atomic mass is 9.93. The molecular weight excluding hydrogens is 248 g/mol. The summed E-state index contributed by atoms with van der Waals surface area (Å²) in [5.74, 6) is -0.894. The lowest BCUT2D eigenvalue weighted by Gasteiger charge is -2.29. The second-order valence-electron chi connectivity index (χ2n) is 5.52. The second-order valence-corrected chi connectivity index (χ2v) is 5.52. The van der Waals surface area contributed by atoms with Crippen molar-refractivity contribution in [1.82, 2.24) is 10.6 Å². The van der Waals surface area contributed by atoms with Crippen molar-refractivity contribution in [1.29, 1.82) is 0 Å². The molecule has 6 heteroatoms. The van der Waals surface area contributed by atoms with Crippen LogP contribution in [0.4, 0.5) is 4.79 Å². The number of carboxylic acid groups (broad SMARTS) is 1. The van der Waals surface area contributed by atoms with Gasteiger partial charge in [0.25, 0.3) is 0 Å². The van der Waals surface area contributed by atoms with Crippen LogP contribution in [-0.2, 0) is 4.79 Å². The Morgan fingerprint density at radius 3 is 2.42 bits per heavy atom. The lowest BCUT2D eigenvalue weighted by Crippen LogP contribution is -2.52. The van der Waals surface area contributed by atoms with Crippen LogP contribution in [0.15, 0.2) is 0 Å². The molecule has 3 unspecified atom stereocenters. The zero-order valence-corrected chi connectivity index (χ0v) is 11.6. The van der Waals surface area contributed by atoms with Gasteiger partial charge in [-0.05, 0) is 18.8 Å². The molecule has 0 aromatic rings. The van der Waals surface area contributed by atoms with Crippen molar-refractivity contribution >= 4 is 12.0 Å². The highest BCUT2D eigenvalue weighted by atomic mass is 16.4. The Bertz CT molecular complexity index is 320. The van der Waals surface area contributed by atoms with Crippen LogP contribution in [0.5, 0.6) is 0 Å². The summed E-state index contributed by atoms with van der Waals surface area (Å²) in [7, 11) is 0. The molecule has 4 N–H and O–H groups in total. The van der Waals surface area contributed by atoms with Gasteiger partial charge in [0.1, 0.15) is 0 Å². The van der Waals surface area contributed by atoms with Crippen LogP contribution in [-0.4, -0.2) is 40.4 Å². The standard InChI is InChI=1S/C13H24N2O4/c1-8(2)10(7-12(17)18)15-13(19)14-9-5-3-4-6-11(9)16/h8-11,16H,3-7H2,1-2H3,(H,17,18)(H2,14,15,19). The van der Waals surface area contributed by atoms with E-state index >= 15 is 0 Å². The summed E-state index contributed by atoms with van der Waals surface area (Å²) in [5, 5.41) is 24.0. The minimum Gasteiger partial charge on any atom is -0.481 e. The summed E-state index contributed by atoms with van der Waals surface area (Å²) in [6.45, 7) is 3.73. The molecule has 0 aliphatic heterocycles. The van der Waals surface area contributed by atoms with Crippen LogP contribution < -0.4 is 10.6 Å². The average Bonchev–Trinajstić information content (AvgIpc) is 2.30. The number of amides is 2. The topological polar surface area (TPSA) is 98.7 Å².